The van der Waals surface area contributed by atoms with Crippen molar-refractivity contribution in [3.63, 3.8) is 0 Å². The summed E-state index contributed by atoms with van der Waals surface area (Å²) in [6.45, 7) is 0.657. The first-order valence-electron chi connectivity index (χ1n) is 4.04. The first-order chi connectivity index (χ1) is 5.76. The molecule has 1 rings (SSSR count). The Bertz CT molecular complexity index is 99.4. The third-order valence-electron chi connectivity index (χ3n) is 2.28. The van der Waals surface area contributed by atoms with E-state index in [1.165, 1.54) is 25.7 Å². The molecule has 0 bridgehead atoms. The summed E-state index contributed by atoms with van der Waals surface area (Å²) in [5, 5.41) is 0. The summed E-state index contributed by atoms with van der Waals surface area (Å²) in [7, 11) is 9.75. The molecule has 12 heavy (non-hydrogen) atoms. The van der Waals surface area contributed by atoms with Crippen molar-refractivity contribution in [1.82, 2.24) is 0 Å². The molecule has 0 aromatic carbocycles. The van der Waals surface area contributed by atoms with Crippen LogP contribution >= 0.6 is 18.8 Å². The van der Waals surface area contributed by atoms with Gasteiger partial charge in [0, 0.05) is 12.6 Å². The Balaban J connectivity index is 0.000000354. The quantitative estimate of drug-likeness (QED) is 0.751. The molecule has 0 aliphatic heterocycles. The molecule has 0 spiro atoms. The molecule has 0 saturated heterocycles. The summed E-state index contributed by atoms with van der Waals surface area (Å²) in [6.07, 6.45) is 5.33. The second-order valence-corrected chi connectivity index (χ2v) is 6.27. The van der Waals surface area contributed by atoms with Gasteiger partial charge in [-0.15, -0.1) is 0 Å². The van der Waals surface area contributed by atoms with Crippen LogP contribution in [0.1, 0.15) is 25.7 Å². The Hall–Kier alpha value is 1.19. The number of rotatable bonds is 2. The molecule has 4 N–H and O–H groups in total. The van der Waals surface area contributed by atoms with Gasteiger partial charge in [0.05, 0.1) is 0 Å². The molecule has 0 aromatic rings. The Kier molecular flexibility index (Phi) is 9.64. The van der Waals surface area contributed by atoms with Crippen LogP contribution in [0.25, 0.3) is 0 Å². The topological polar surface area (TPSA) is 52.0 Å². The van der Waals surface area contributed by atoms with Crippen molar-refractivity contribution in [2.45, 2.75) is 31.7 Å². The van der Waals surface area contributed by atoms with Gasteiger partial charge in [0.15, 0.2) is 0 Å². The summed E-state index contributed by atoms with van der Waals surface area (Å²) in [4.78, 5) is 0. The molecule has 1 saturated carbocycles. The predicted molar refractivity (Wildman–Crippen MR) is 50.7 cm³/mol. The maximum absolute atomic E-state index is 5.75. The fourth-order valence-electron chi connectivity index (χ4n) is 1.58. The minimum atomic E-state index is -0.472. The van der Waals surface area contributed by atoms with Gasteiger partial charge in [-0.05, 0) is 18.8 Å². The van der Waals surface area contributed by atoms with Gasteiger partial charge < -0.3 is 11.5 Å². The summed E-state index contributed by atoms with van der Waals surface area (Å²) in [5.74, 6) is 0.731. The minimum absolute atomic E-state index is 0.271. The molecule has 1 fully saturated rings. The normalized spacial score (nSPS) is 20.3. The van der Waals surface area contributed by atoms with E-state index in [9.17, 15) is 0 Å². The molecule has 0 aromatic heterocycles. The van der Waals surface area contributed by atoms with E-state index in [0.29, 0.717) is 6.54 Å². The first kappa shape index (κ1) is 13.2. The Labute approximate surface area is 90.7 Å². The first-order valence-corrected chi connectivity index (χ1v) is 9.67. The van der Waals surface area contributed by atoms with Crippen LogP contribution in [-0.2, 0) is 16.5 Å². The Morgan fingerprint density at radius 3 is 2.08 bits per heavy atom. The van der Waals surface area contributed by atoms with Crippen molar-refractivity contribution in [2.75, 3.05) is 6.54 Å². The Morgan fingerprint density at radius 1 is 1.33 bits per heavy atom. The van der Waals surface area contributed by atoms with E-state index in [0.717, 1.165) is 5.92 Å². The second-order valence-electron chi connectivity index (χ2n) is 2.99. The van der Waals surface area contributed by atoms with Gasteiger partial charge in [-0.25, -0.2) is 0 Å². The van der Waals surface area contributed by atoms with Crippen LogP contribution in [0.15, 0.2) is 0 Å². The van der Waals surface area contributed by atoms with Crippen molar-refractivity contribution in [3.05, 3.63) is 0 Å². The molecule has 0 heterocycles. The van der Waals surface area contributed by atoms with Crippen LogP contribution < -0.4 is 11.5 Å². The van der Waals surface area contributed by atoms with Crippen LogP contribution in [0, 0.1) is 5.92 Å². The van der Waals surface area contributed by atoms with Gasteiger partial charge in [0.1, 0.15) is 0 Å². The van der Waals surface area contributed by atoms with Crippen LogP contribution in [0.3, 0.4) is 0 Å². The van der Waals surface area contributed by atoms with E-state index < -0.39 is 16.5 Å². The van der Waals surface area contributed by atoms with Crippen molar-refractivity contribution in [3.8, 4) is 0 Å². The van der Waals surface area contributed by atoms with Gasteiger partial charge in [-0.1, -0.05) is 12.8 Å². The zero-order chi connectivity index (χ0) is 9.40. The van der Waals surface area contributed by atoms with E-state index in [1.807, 2.05) is 0 Å². The molecule has 1 atom stereocenters. The van der Waals surface area contributed by atoms with Gasteiger partial charge >= 0.3 is 35.3 Å². The number of hydrogen-bond donors (Lipinski definition) is 2. The number of hydrogen-bond acceptors (Lipinski definition) is 2. The second kappa shape index (κ2) is 8.77. The molecular formula is C7H16Cl2N2Pt. The van der Waals surface area contributed by atoms with Crippen molar-refractivity contribution >= 4 is 18.8 Å². The van der Waals surface area contributed by atoms with E-state index in [-0.39, 0.29) is 6.04 Å². The third-order valence-corrected chi connectivity index (χ3v) is 2.28. The summed E-state index contributed by atoms with van der Waals surface area (Å²) < 4.78 is 0. The standard InChI is InChI=1S/C7H16N2.2ClH.Pt/c8-5-7(9)6-3-1-2-4-6;;;/h6-7H,1-5,8-9H2;2*1H;/q;;;+2/p-2. The van der Waals surface area contributed by atoms with Crippen LogP contribution in [-0.4, -0.2) is 12.6 Å². The van der Waals surface area contributed by atoms with Crippen molar-refractivity contribution in [2.24, 2.45) is 17.4 Å². The van der Waals surface area contributed by atoms with E-state index in [2.05, 4.69) is 0 Å². The van der Waals surface area contributed by atoms with Gasteiger partial charge in [0.25, 0.3) is 0 Å². The molecule has 1 unspecified atom stereocenters. The molecule has 2 nitrogen and oxygen atoms in total. The summed E-state index contributed by atoms with van der Waals surface area (Å²) in [5.41, 5.74) is 11.2. The predicted octanol–water partition coefficient (Wildman–Crippen LogP) is 1.84. The Morgan fingerprint density at radius 2 is 1.75 bits per heavy atom. The average Bonchev–Trinajstić information content (AvgIpc) is 2.56. The van der Waals surface area contributed by atoms with E-state index in [1.54, 1.807) is 0 Å². The number of halogens is 2. The molecule has 0 radical (unpaired) electrons. The average molecular weight is 394 g/mol. The van der Waals surface area contributed by atoms with Crippen LogP contribution in [0.2, 0.25) is 0 Å². The van der Waals surface area contributed by atoms with Crippen molar-refractivity contribution < 1.29 is 16.5 Å². The van der Waals surface area contributed by atoms with Gasteiger partial charge in [-0.3, -0.25) is 0 Å². The molecule has 5 heteroatoms. The zero-order valence-electron chi connectivity index (χ0n) is 6.92. The molecule has 0 amide bonds. The summed E-state index contributed by atoms with van der Waals surface area (Å²) >= 11 is -0.472. The van der Waals surface area contributed by atoms with E-state index in [4.69, 9.17) is 30.3 Å². The SMILES string of the molecule is NCC(N)C1CCCC1.[Cl][Pt][Cl]. The fraction of sp³-hybridized carbons (Fsp3) is 1.00. The van der Waals surface area contributed by atoms with Crippen LogP contribution in [0.4, 0.5) is 0 Å². The van der Waals surface area contributed by atoms with Gasteiger partial charge in [-0.2, -0.15) is 0 Å². The summed E-state index contributed by atoms with van der Waals surface area (Å²) in [6, 6.07) is 0.271. The van der Waals surface area contributed by atoms with Gasteiger partial charge in [0.2, 0.25) is 0 Å². The molecule has 1 aliphatic carbocycles. The van der Waals surface area contributed by atoms with Crippen LogP contribution in [0.5, 0.6) is 0 Å². The molecule has 1 aliphatic rings. The third kappa shape index (κ3) is 5.77. The van der Waals surface area contributed by atoms with Crippen molar-refractivity contribution in [1.29, 1.82) is 0 Å². The zero-order valence-corrected chi connectivity index (χ0v) is 10.7. The monoisotopic (exact) mass is 393 g/mol. The molecule has 78 valence electrons. The maximum atomic E-state index is 5.75. The fourth-order valence-corrected chi connectivity index (χ4v) is 1.58. The number of nitrogens with two attached hydrogens (primary N) is 2. The van der Waals surface area contributed by atoms with E-state index >= 15 is 0 Å². The molecular weight excluding hydrogens is 378 g/mol.